The zero-order chi connectivity index (χ0) is 14.8. The van der Waals surface area contributed by atoms with Crippen LogP contribution in [-0.2, 0) is 16.0 Å². The largest absolute Gasteiger partial charge is 0.496 e. The van der Waals surface area contributed by atoms with Gasteiger partial charge in [0.05, 0.1) is 7.11 Å². The van der Waals surface area contributed by atoms with Gasteiger partial charge in [-0.25, -0.2) is 0 Å². The fourth-order valence-corrected chi connectivity index (χ4v) is 1.76. The first-order valence-electron chi connectivity index (χ1n) is 6.87. The van der Waals surface area contributed by atoms with E-state index in [2.05, 4.69) is 10.6 Å². The molecule has 1 aromatic rings. The summed E-state index contributed by atoms with van der Waals surface area (Å²) in [5.41, 5.74) is 1.00. The number of nitrogens with one attached hydrogen (secondary N) is 2. The molecule has 1 aromatic carbocycles. The van der Waals surface area contributed by atoms with Crippen molar-refractivity contribution in [3.05, 3.63) is 29.8 Å². The quantitative estimate of drug-likeness (QED) is 0.583. The molecule has 2 amide bonds. The fourth-order valence-electron chi connectivity index (χ4n) is 1.76. The molecule has 5 heteroatoms. The average molecular weight is 278 g/mol. The van der Waals surface area contributed by atoms with Crippen LogP contribution in [0, 0.1) is 0 Å². The van der Waals surface area contributed by atoms with E-state index in [4.69, 9.17) is 4.74 Å². The van der Waals surface area contributed by atoms with Crippen LogP contribution >= 0.6 is 0 Å². The van der Waals surface area contributed by atoms with E-state index >= 15 is 0 Å². The van der Waals surface area contributed by atoms with Gasteiger partial charge in [-0.15, -0.1) is 0 Å². The highest BCUT2D eigenvalue weighted by molar-refractivity contribution is 6.35. The molecular weight excluding hydrogens is 256 g/mol. The number of hydrogen-bond donors (Lipinski definition) is 2. The van der Waals surface area contributed by atoms with Crippen LogP contribution in [0.4, 0.5) is 0 Å². The third-order valence-corrected chi connectivity index (χ3v) is 2.89. The lowest BCUT2D eigenvalue weighted by atomic mass is 10.1. The second kappa shape index (κ2) is 8.96. The number of rotatable bonds is 7. The summed E-state index contributed by atoms with van der Waals surface area (Å²) in [5.74, 6) is -0.372. The molecule has 0 aliphatic heterocycles. The Labute approximate surface area is 119 Å². The molecule has 0 saturated heterocycles. The Morgan fingerprint density at radius 2 is 1.75 bits per heavy atom. The van der Waals surface area contributed by atoms with Crippen LogP contribution in [0.3, 0.4) is 0 Å². The van der Waals surface area contributed by atoms with Gasteiger partial charge in [0.25, 0.3) is 0 Å². The van der Waals surface area contributed by atoms with E-state index in [0.29, 0.717) is 19.5 Å². The molecule has 0 radical (unpaired) electrons. The summed E-state index contributed by atoms with van der Waals surface area (Å²) in [6.07, 6.45) is 2.48. The minimum atomic E-state index is -0.587. The second-order valence-electron chi connectivity index (χ2n) is 4.43. The number of carbonyl (C=O) groups is 2. The highest BCUT2D eigenvalue weighted by atomic mass is 16.5. The average Bonchev–Trinajstić information content (AvgIpc) is 2.47. The highest BCUT2D eigenvalue weighted by Crippen LogP contribution is 2.17. The first kappa shape index (κ1) is 16.0. The molecule has 1 rings (SSSR count). The standard InChI is InChI=1S/C15H22N2O3/c1-3-4-10-16-14(18)15(19)17-11-9-12-7-5-6-8-13(12)20-2/h5-8H,3-4,9-11H2,1-2H3,(H,16,18)(H,17,19). The number of unbranched alkanes of at least 4 members (excludes halogenated alkanes) is 1. The predicted molar refractivity (Wildman–Crippen MR) is 77.6 cm³/mol. The number of ether oxygens (including phenoxy) is 1. The lowest BCUT2D eigenvalue weighted by Gasteiger charge is -2.09. The molecule has 0 spiro atoms. The summed E-state index contributed by atoms with van der Waals surface area (Å²) in [7, 11) is 1.61. The zero-order valence-corrected chi connectivity index (χ0v) is 12.1. The minimum absolute atomic E-state index is 0.403. The Morgan fingerprint density at radius 1 is 1.10 bits per heavy atom. The Morgan fingerprint density at radius 3 is 2.40 bits per heavy atom. The SMILES string of the molecule is CCCCNC(=O)C(=O)NCCc1ccccc1OC. The van der Waals surface area contributed by atoms with Crippen molar-refractivity contribution in [2.75, 3.05) is 20.2 Å². The highest BCUT2D eigenvalue weighted by Gasteiger charge is 2.12. The first-order chi connectivity index (χ1) is 9.69. The lowest BCUT2D eigenvalue weighted by molar-refractivity contribution is -0.139. The van der Waals surface area contributed by atoms with Crippen LogP contribution in [0.2, 0.25) is 0 Å². The van der Waals surface area contributed by atoms with E-state index in [1.807, 2.05) is 31.2 Å². The molecule has 0 aromatic heterocycles. The van der Waals surface area contributed by atoms with E-state index in [-0.39, 0.29) is 0 Å². The molecule has 0 saturated carbocycles. The molecule has 5 nitrogen and oxygen atoms in total. The molecule has 0 fully saturated rings. The van der Waals surface area contributed by atoms with Crippen LogP contribution in [-0.4, -0.2) is 32.0 Å². The van der Waals surface area contributed by atoms with Crippen molar-refractivity contribution in [1.82, 2.24) is 10.6 Å². The Balaban J connectivity index is 2.33. The smallest absolute Gasteiger partial charge is 0.309 e. The molecule has 0 aliphatic carbocycles. The molecule has 110 valence electrons. The van der Waals surface area contributed by atoms with Crippen LogP contribution < -0.4 is 15.4 Å². The Bertz CT molecular complexity index is 446. The molecule has 2 N–H and O–H groups in total. The number of hydrogen-bond acceptors (Lipinski definition) is 3. The van der Waals surface area contributed by atoms with Crippen molar-refractivity contribution in [2.45, 2.75) is 26.2 Å². The van der Waals surface area contributed by atoms with Crippen molar-refractivity contribution >= 4 is 11.8 Å². The number of amides is 2. The third kappa shape index (κ3) is 5.30. The fraction of sp³-hybridized carbons (Fsp3) is 0.467. The van der Waals surface area contributed by atoms with Crippen LogP contribution in [0.5, 0.6) is 5.75 Å². The molecule has 0 bridgehead atoms. The monoisotopic (exact) mass is 278 g/mol. The molecule has 0 atom stereocenters. The van der Waals surface area contributed by atoms with Gasteiger partial charge in [0.15, 0.2) is 0 Å². The summed E-state index contributed by atoms with van der Waals surface area (Å²) in [6, 6.07) is 7.61. The van der Waals surface area contributed by atoms with E-state index < -0.39 is 11.8 Å². The van der Waals surface area contributed by atoms with Gasteiger partial charge >= 0.3 is 11.8 Å². The number of benzene rings is 1. The summed E-state index contributed by atoms with van der Waals surface area (Å²) in [4.78, 5) is 23.0. The summed E-state index contributed by atoms with van der Waals surface area (Å²) in [5, 5.41) is 5.18. The van der Waals surface area contributed by atoms with Gasteiger partial charge in [-0.3, -0.25) is 9.59 Å². The minimum Gasteiger partial charge on any atom is -0.496 e. The summed E-state index contributed by atoms with van der Waals surface area (Å²) >= 11 is 0. The Kier molecular flexibility index (Phi) is 7.17. The van der Waals surface area contributed by atoms with E-state index in [9.17, 15) is 9.59 Å². The zero-order valence-electron chi connectivity index (χ0n) is 12.1. The van der Waals surface area contributed by atoms with Gasteiger partial charge in [-0.2, -0.15) is 0 Å². The summed E-state index contributed by atoms with van der Waals surface area (Å²) < 4.78 is 5.22. The van der Waals surface area contributed by atoms with Gasteiger partial charge in [-0.05, 0) is 24.5 Å². The number of carbonyl (C=O) groups excluding carboxylic acids is 2. The van der Waals surface area contributed by atoms with E-state index in [1.54, 1.807) is 7.11 Å². The van der Waals surface area contributed by atoms with Crippen molar-refractivity contribution < 1.29 is 14.3 Å². The molecule has 20 heavy (non-hydrogen) atoms. The van der Waals surface area contributed by atoms with E-state index in [1.165, 1.54) is 0 Å². The van der Waals surface area contributed by atoms with Crippen molar-refractivity contribution in [2.24, 2.45) is 0 Å². The van der Waals surface area contributed by atoms with Gasteiger partial charge in [0.2, 0.25) is 0 Å². The predicted octanol–water partition coefficient (Wildman–Crippen LogP) is 1.27. The molecular formula is C15H22N2O3. The lowest BCUT2D eigenvalue weighted by Crippen LogP contribution is -2.40. The topological polar surface area (TPSA) is 67.4 Å². The van der Waals surface area contributed by atoms with Gasteiger partial charge in [0.1, 0.15) is 5.75 Å². The molecule has 0 unspecified atom stereocenters. The van der Waals surface area contributed by atoms with E-state index in [0.717, 1.165) is 24.2 Å². The van der Waals surface area contributed by atoms with Crippen molar-refractivity contribution in [3.8, 4) is 5.75 Å². The van der Waals surface area contributed by atoms with Crippen molar-refractivity contribution in [3.63, 3.8) is 0 Å². The van der Waals surface area contributed by atoms with Crippen LogP contribution in [0.15, 0.2) is 24.3 Å². The normalized spacial score (nSPS) is 9.90. The third-order valence-electron chi connectivity index (χ3n) is 2.89. The van der Waals surface area contributed by atoms with Gasteiger partial charge < -0.3 is 15.4 Å². The van der Waals surface area contributed by atoms with Crippen LogP contribution in [0.1, 0.15) is 25.3 Å². The maximum absolute atomic E-state index is 11.5. The maximum Gasteiger partial charge on any atom is 0.309 e. The molecule has 0 heterocycles. The summed E-state index contributed by atoms with van der Waals surface area (Å²) in [6.45, 7) is 2.97. The number of para-hydroxylation sites is 1. The second-order valence-corrected chi connectivity index (χ2v) is 4.43. The Hall–Kier alpha value is -2.04. The van der Waals surface area contributed by atoms with Gasteiger partial charge in [0, 0.05) is 13.1 Å². The first-order valence-corrected chi connectivity index (χ1v) is 6.87. The van der Waals surface area contributed by atoms with Gasteiger partial charge in [-0.1, -0.05) is 31.5 Å². The van der Waals surface area contributed by atoms with Crippen LogP contribution in [0.25, 0.3) is 0 Å². The maximum atomic E-state index is 11.5. The van der Waals surface area contributed by atoms with Crippen molar-refractivity contribution in [1.29, 1.82) is 0 Å². The molecule has 0 aliphatic rings. The number of methoxy groups -OCH3 is 1.